The highest BCUT2D eigenvalue weighted by molar-refractivity contribution is 8.04. The van der Waals surface area contributed by atoms with Crippen molar-refractivity contribution in [3.8, 4) is 11.8 Å². The van der Waals surface area contributed by atoms with Gasteiger partial charge in [-0.05, 0) is 40.6 Å². The van der Waals surface area contributed by atoms with Crippen LogP contribution in [0.4, 0.5) is 5.69 Å². The van der Waals surface area contributed by atoms with Crippen molar-refractivity contribution in [3.63, 3.8) is 0 Å². The molecular weight excluding hydrogens is 516 g/mol. The molecule has 2 unspecified atom stereocenters. The Balaban J connectivity index is 1.65. The summed E-state index contributed by atoms with van der Waals surface area (Å²) in [6, 6.07) is 22.4. The number of nitriles is 1. The maximum Gasteiger partial charge on any atom is 0.307 e. The van der Waals surface area contributed by atoms with Crippen LogP contribution < -0.4 is 15.8 Å². The number of benzene rings is 3. The van der Waals surface area contributed by atoms with Crippen molar-refractivity contribution in [2.75, 3.05) is 19.5 Å². The van der Waals surface area contributed by atoms with Gasteiger partial charge in [0, 0.05) is 5.69 Å². The van der Waals surface area contributed by atoms with Crippen molar-refractivity contribution in [1.82, 2.24) is 4.90 Å². The molecule has 3 N–H and O–H groups in total. The first kappa shape index (κ1) is 25.9. The lowest BCUT2D eigenvalue weighted by atomic mass is 9.82. The van der Waals surface area contributed by atoms with E-state index in [-0.39, 0.29) is 28.4 Å². The molecular formula is C29H24N4O5S. The minimum atomic E-state index is -0.881. The van der Waals surface area contributed by atoms with Crippen LogP contribution in [-0.4, -0.2) is 42.2 Å². The molecule has 2 aliphatic heterocycles. The Morgan fingerprint density at radius 3 is 2.56 bits per heavy atom. The molecule has 39 heavy (non-hydrogen) atoms. The number of hydrogen-bond donors (Lipinski definition) is 2. The molecule has 3 aromatic carbocycles. The van der Waals surface area contributed by atoms with Gasteiger partial charge in [0.1, 0.15) is 16.8 Å². The summed E-state index contributed by atoms with van der Waals surface area (Å²) in [4.78, 5) is 40.6. The number of nitrogens with zero attached hydrogens (tertiary/aromatic N) is 2. The Labute approximate surface area is 228 Å². The van der Waals surface area contributed by atoms with Crippen molar-refractivity contribution in [3.05, 3.63) is 94.3 Å². The first-order valence-corrected chi connectivity index (χ1v) is 12.9. The number of rotatable bonds is 6. The van der Waals surface area contributed by atoms with Gasteiger partial charge in [-0.3, -0.25) is 19.3 Å². The fourth-order valence-electron chi connectivity index (χ4n) is 4.76. The van der Waals surface area contributed by atoms with Crippen LogP contribution in [0.25, 0.3) is 10.8 Å². The second-order valence-corrected chi connectivity index (χ2v) is 10.1. The van der Waals surface area contributed by atoms with E-state index in [1.807, 2.05) is 36.4 Å². The fourth-order valence-corrected chi connectivity index (χ4v) is 6.09. The van der Waals surface area contributed by atoms with Gasteiger partial charge in [-0.15, -0.1) is 0 Å². The second kappa shape index (κ2) is 10.6. The quantitative estimate of drug-likeness (QED) is 0.448. The van der Waals surface area contributed by atoms with Gasteiger partial charge in [0.05, 0.1) is 48.8 Å². The number of fused-ring (bicyclic) bond motifs is 2. The van der Waals surface area contributed by atoms with Crippen molar-refractivity contribution in [2.45, 2.75) is 17.6 Å². The summed E-state index contributed by atoms with van der Waals surface area (Å²) >= 11 is 1.06. The highest BCUT2D eigenvalue weighted by Gasteiger charge is 2.48. The smallest absolute Gasteiger partial charge is 0.307 e. The van der Waals surface area contributed by atoms with Gasteiger partial charge in [-0.1, -0.05) is 54.2 Å². The van der Waals surface area contributed by atoms with E-state index < -0.39 is 29.0 Å². The van der Waals surface area contributed by atoms with E-state index in [1.165, 1.54) is 19.1 Å². The SMILES string of the molecule is COC(=O)CC1SC2=C(C(=O)Nc3ccc4ccccc4c3)C(c3cccc(OC)c3)C(C#N)=C(N)N2C1=O. The van der Waals surface area contributed by atoms with Gasteiger partial charge in [0.2, 0.25) is 5.91 Å². The fraction of sp³-hybridized carbons (Fsp3) is 0.172. The second-order valence-electron chi connectivity index (χ2n) is 8.92. The lowest BCUT2D eigenvalue weighted by Gasteiger charge is -2.32. The third kappa shape index (κ3) is 4.69. The number of carbonyl (C=O) groups is 3. The third-order valence-electron chi connectivity index (χ3n) is 6.66. The van der Waals surface area contributed by atoms with Gasteiger partial charge in [-0.25, -0.2) is 0 Å². The Bertz CT molecular complexity index is 1620. The molecule has 2 atom stereocenters. The number of esters is 1. The number of nitrogens with two attached hydrogens (primary N) is 1. The number of ether oxygens (including phenoxy) is 2. The largest absolute Gasteiger partial charge is 0.497 e. The first-order valence-electron chi connectivity index (χ1n) is 12.0. The Kier molecular flexibility index (Phi) is 7.00. The van der Waals surface area contributed by atoms with Gasteiger partial charge in [0.25, 0.3) is 5.91 Å². The maximum absolute atomic E-state index is 14.0. The molecule has 2 aliphatic rings. The van der Waals surface area contributed by atoms with Crippen LogP contribution >= 0.6 is 11.8 Å². The number of anilines is 1. The van der Waals surface area contributed by atoms with E-state index in [1.54, 1.807) is 30.3 Å². The van der Waals surface area contributed by atoms with Gasteiger partial charge >= 0.3 is 5.97 Å². The summed E-state index contributed by atoms with van der Waals surface area (Å²) in [5.74, 6) is -2.00. The van der Waals surface area contributed by atoms with Crippen molar-refractivity contribution < 1.29 is 23.9 Å². The minimum Gasteiger partial charge on any atom is -0.497 e. The lowest BCUT2D eigenvalue weighted by Crippen LogP contribution is -2.39. The van der Waals surface area contributed by atoms with Crippen LogP contribution in [0, 0.1) is 11.3 Å². The van der Waals surface area contributed by atoms with Crippen molar-refractivity contribution >= 4 is 46.0 Å². The first-order chi connectivity index (χ1) is 18.9. The molecule has 0 aliphatic carbocycles. The zero-order valence-corrected chi connectivity index (χ0v) is 22.0. The van der Waals surface area contributed by atoms with Crippen LogP contribution in [-0.2, 0) is 19.1 Å². The molecule has 0 aromatic heterocycles. The standard InChI is InChI=1S/C29H24N4O5S/c1-37-20-9-5-8-18(13-20)24-21(15-30)26(31)33-28(36)22(14-23(34)38-2)39-29(33)25(24)27(35)32-19-11-10-16-6-3-4-7-17(16)12-19/h3-13,22,24H,14,31H2,1-2H3,(H,32,35). The van der Waals surface area contributed by atoms with E-state index in [0.717, 1.165) is 22.5 Å². The number of allylic oxidation sites excluding steroid dienone is 1. The maximum atomic E-state index is 14.0. The molecule has 196 valence electrons. The summed E-state index contributed by atoms with van der Waals surface area (Å²) in [6.45, 7) is 0. The number of amides is 2. The van der Waals surface area contributed by atoms with Crippen molar-refractivity contribution in [2.24, 2.45) is 5.73 Å². The summed E-state index contributed by atoms with van der Waals surface area (Å²) in [5.41, 5.74) is 7.76. The van der Waals surface area contributed by atoms with E-state index in [9.17, 15) is 19.6 Å². The highest BCUT2D eigenvalue weighted by Crippen LogP contribution is 2.50. The third-order valence-corrected chi connectivity index (χ3v) is 7.94. The molecule has 0 spiro atoms. The molecule has 1 saturated heterocycles. The van der Waals surface area contributed by atoms with Gasteiger partial charge < -0.3 is 20.5 Å². The van der Waals surface area contributed by atoms with E-state index >= 15 is 0 Å². The zero-order chi connectivity index (χ0) is 27.7. The predicted octanol–water partition coefficient (Wildman–Crippen LogP) is 4.00. The molecule has 2 amide bonds. The summed E-state index contributed by atoms with van der Waals surface area (Å²) in [7, 11) is 2.76. The summed E-state index contributed by atoms with van der Waals surface area (Å²) in [5, 5.41) is 14.5. The average Bonchev–Trinajstić information content (AvgIpc) is 3.27. The molecule has 2 heterocycles. The van der Waals surface area contributed by atoms with Crippen LogP contribution in [0.5, 0.6) is 5.75 Å². The minimum absolute atomic E-state index is 0.0448. The topological polar surface area (TPSA) is 135 Å². The normalized spacial score (nSPS) is 18.6. The van der Waals surface area contributed by atoms with E-state index in [4.69, 9.17) is 15.2 Å². The zero-order valence-electron chi connectivity index (χ0n) is 21.1. The highest BCUT2D eigenvalue weighted by atomic mass is 32.2. The Hall–Kier alpha value is -4.75. The summed E-state index contributed by atoms with van der Waals surface area (Å²) in [6.07, 6.45) is -0.210. The monoisotopic (exact) mass is 540 g/mol. The van der Waals surface area contributed by atoms with Gasteiger partial charge in [0.15, 0.2) is 0 Å². The molecule has 0 radical (unpaired) electrons. The number of carbonyl (C=O) groups excluding carboxylic acids is 3. The van der Waals surface area contributed by atoms with Crippen LogP contribution in [0.15, 0.2) is 88.7 Å². The molecule has 1 fully saturated rings. The van der Waals surface area contributed by atoms with Crippen molar-refractivity contribution in [1.29, 1.82) is 5.26 Å². The molecule has 0 saturated carbocycles. The van der Waals surface area contributed by atoms with Crippen LogP contribution in [0.1, 0.15) is 17.9 Å². The van der Waals surface area contributed by atoms with Crippen LogP contribution in [0.3, 0.4) is 0 Å². The number of thioether (sulfide) groups is 1. The number of methoxy groups -OCH3 is 2. The molecule has 10 heteroatoms. The number of nitrogens with one attached hydrogen (secondary N) is 1. The number of hydrogen-bond acceptors (Lipinski definition) is 8. The molecule has 5 rings (SSSR count). The lowest BCUT2D eigenvalue weighted by molar-refractivity contribution is -0.142. The summed E-state index contributed by atoms with van der Waals surface area (Å²) < 4.78 is 10.1. The Morgan fingerprint density at radius 1 is 1.08 bits per heavy atom. The molecule has 0 bridgehead atoms. The predicted molar refractivity (Wildman–Crippen MR) is 147 cm³/mol. The molecule has 3 aromatic rings. The Morgan fingerprint density at radius 2 is 1.85 bits per heavy atom. The molecule has 9 nitrogen and oxygen atoms in total. The van der Waals surface area contributed by atoms with Crippen LogP contribution in [0.2, 0.25) is 0 Å². The average molecular weight is 541 g/mol. The van der Waals surface area contributed by atoms with E-state index in [0.29, 0.717) is 17.0 Å². The van der Waals surface area contributed by atoms with Gasteiger partial charge in [-0.2, -0.15) is 5.26 Å². The van der Waals surface area contributed by atoms with E-state index in [2.05, 4.69) is 11.4 Å².